The standard InChI is InChI=1S/C21H36O3Si/c1-20(2,3)19(22)23-16-18(24-25(7,8)21(4,5)6)15-14-17-12-10-9-11-13-17/h9-13,18H,14-16H2,1-8H3/t18-/m0/s1. The minimum Gasteiger partial charge on any atom is -0.463 e. The van der Waals surface area contributed by atoms with Gasteiger partial charge in [-0.05, 0) is 57.3 Å². The van der Waals surface area contributed by atoms with E-state index in [1.165, 1.54) is 5.56 Å². The van der Waals surface area contributed by atoms with Crippen LogP contribution in [-0.4, -0.2) is 27.0 Å². The Balaban J connectivity index is 2.77. The van der Waals surface area contributed by atoms with Crippen molar-refractivity contribution >= 4 is 14.3 Å². The summed E-state index contributed by atoms with van der Waals surface area (Å²) in [4.78, 5) is 12.1. The van der Waals surface area contributed by atoms with Crippen LogP contribution in [0.1, 0.15) is 53.5 Å². The van der Waals surface area contributed by atoms with Gasteiger partial charge in [-0.1, -0.05) is 51.1 Å². The Morgan fingerprint density at radius 2 is 1.60 bits per heavy atom. The van der Waals surface area contributed by atoms with Gasteiger partial charge >= 0.3 is 5.97 Å². The smallest absolute Gasteiger partial charge is 0.311 e. The predicted molar refractivity (Wildman–Crippen MR) is 107 cm³/mol. The second-order valence-electron chi connectivity index (χ2n) is 9.37. The van der Waals surface area contributed by atoms with E-state index >= 15 is 0 Å². The number of esters is 1. The highest BCUT2D eigenvalue weighted by atomic mass is 28.4. The molecule has 1 rings (SSSR count). The third-order valence-electron chi connectivity index (χ3n) is 4.88. The van der Waals surface area contributed by atoms with Crippen molar-refractivity contribution in [2.45, 2.75) is 78.6 Å². The maximum atomic E-state index is 12.1. The van der Waals surface area contributed by atoms with Crippen molar-refractivity contribution in [3.63, 3.8) is 0 Å². The van der Waals surface area contributed by atoms with Crippen LogP contribution in [0.4, 0.5) is 0 Å². The van der Waals surface area contributed by atoms with Gasteiger partial charge < -0.3 is 9.16 Å². The van der Waals surface area contributed by atoms with E-state index in [9.17, 15) is 4.79 Å². The number of rotatable bonds is 7. The summed E-state index contributed by atoms with van der Waals surface area (Å²) >= 11 is 0. The molecule has 1 aromatic carbocycles. The van der Waals surface area contributed by atoms with Gasteiger partial charge in [0.1, 0.15) is 6.61 Å². The first kappa shape index (κ1) is 21.9. The first-order valence-electron chi connectivity index (χ1n) is 9.22. The third kappa shape index (κ3) is 7.33. The summed E-state index contributed by atoms with van der Waals surface area (Å²) < 4.78 is 12.1. The SMILES string of the molecule is CC(C)(C)C(=O)OC[C@H](CCc1ccccc1)O[Si](C)(C)C(C)(C)C. The number of benzene rings is 1. The Bertz CT molecular complexity index is 538. The summed E-state index contributed by atoms with van der Waals surface area (Å²) in [5, 5.41) is 0.131. The Morgan fingerprint density at radius 3 is 2.08 bits per heavy atom. The quantitative estimate of drug-likeness (QED) is 0.467. The molecule has 1 atom stereocenters. The van der Waals surface area contributed by atoms with Crippen LogP contribution in [0.5, 0.6) is 0 Å². The zero-order valence-corrected chi connectivity index (χ0v) is 18.3. The lowest BCUT2D eigenvalue weighted by Gasteiger charge is -2.39. The Labute approximate surface area is 155 Å². The molecule has 0 aliphatic rings. The zero-order valence-electron chi connectivity index (χ0n) is 17.3. The van der Waals surface area contributed by atoms with Crippen LogP contribution in [0, 0.1) is 5.41 Å². The van der Waals surface area contributed by atoms with Crippen molar-refractivity contribution in [1.82, 2.24) is 0 Å². The van der Waals surface area contributed by atoms with Gasteiger partial charge in [0, 0.05) is 0 Å². The van der Waals surface area contributed by atoms with Crippen LogP contribution in [0.25, 0.3) is 0 Å². The summed E-state index contributed by atoms with van der Waals surface area (Å²) in [6, 6.07) is 10.4. The highest BCUT2D eigenvalue weighted by molar-refractivity contribution is 6.74. The fourth-order valence-electron chi connectivity index (χ4n) is 2.13. The molecule has 0 aromatic heterocycles. The normalized spacial score (nSPS) is 14.2. The summed E-state index contributed by atoms with van der Waals surface area (Å²) in [6.45, 7) is 17.1. The van der Waals surface area contributed by atoms with Gasteiger partial charge in [-0.25, -0.2) is 0 Å². The van der Waals surface area contributed by atoms with Crippen molar-refractivity contribution in [3.05, 3.63) is 35.9 Å². The van der Waals surface area contributed by atoms with Gasteiger partial charge in [-0.3, -0.25) is 4.79 Å². The van der Waals surface area contributed by atoms with Crippen molar-refractivity contribution in [2.75, 3.05) is 6.61 Å². The Kier molecular flexibility index (Phi) is 7.45. The van der Waals surface area contributed by atoms with Gasteiger partial charge in [0.2, 0.25) is 0 Å². The molecule has 0 bridgehead atoms. The molecule has 1 aromatic rings. The maximum Gasteiger partial charge on any atom is 0.311 e. The third-order valence-corrected chi connectivity index (χ3v) is 9.41. The molecule has 0 spiro atoms. The average molecular weight is 365 g/mol. The number of carbonyl (C=O) groups is 1. The lowest BCUT2D eigenvalue weighted by molar-refractivity contribution is -0.155. The van der Waals surface area contributed by atoms with Crippen molar-refractivity contribution in [1.29, 1.82) is 0 Å². The van der Waals surface area contributed by atoms with E-state index in [1.807, 2.05) is 26.8 Å². The molecular formula is C21H36O3Si. The molecule has 142 valence electrons. The van der Waals surface area contributed by atoms with Crippen LogP contribution in [0.15, 0.2) is 30.3 Å². The van der Waals surface area contributed by atoms with Crippen molar-refractivity contribution < 1.29 is 14.0 Å². The van der Waals surface area contributed by atoms with Crippen LogP contribution >= 0.6 is 0 Å². The maximum absolute atomic E-state index is 12.1. The molecule has 3 nitrogen and oxygen atoms in total. The van der Waals surface area contributed by atoms with Crippen molar-refractivity contribution in [3.8, 4) is 0 Å². The van der Waals surface area contributed by atoms with Crippen molar-refractivity contribution in [2.24, 2.45) is 5.41 Å². The minimum absolute atomic E-state index is 0.0626. The van der Waals surface area contributed by atoms with E-state index in [4.69, 9.17) is 9.16 Å². The van der Waals surface area contributed by atoms with Gasteiger partial charge in [-0.2, -0.15) is 0 Å². The van der Waals surface area contributed by atoms with Gasteiger partial charge in [0.15, 0.2) is 8.32 Å². The van der Waals surface area contributed by atoms with Crippen LogP contribution in [0.2, 0.25) is 18.1 Å². The van der Waals surface area contributed by atoms with E-state index in [2.05, 4.69) is 58.1 Å². The average Bonchev–Trinajstić information content (AvgIpc) is 2.48. The van der Waals surface area contributed by atoms with E-state index in [0.29, 0.717) is 6.61 Å². The molecule has 0 amide bonds. The molecule has 0 saturated carbocycles. The van der Waals surface area contributed by atoms with E-state index in [1.54, 1.807) is 0 Å². The second-order valence-corrected chi connectivity index (χ2v) is 14.1. The topological polar surface area (TPSA) is 35.5 Å². The molecule has 4 heteroatoms. The summed E-state index contributed by atoms with van der Waals surface area (Å²) in [7, 11) is -1.92. The lowest BCUT2D eigenvalue weighted by Crippen LogP contribution is -2.45. The molecule has 0 fully saturated rings. The van der Waals surface area contributed by atoms with Gasteiger partial charge in [0.05, 0.1) is 11.5 Å². The molecule has 0 radical (unpaired) electrons. The summed E-state index contributed by atoms with van der Waals surface area (Å²) in [5.74, 6) is -0.170. The Hall–Kier alpha value is -1.13. The van der Waals surface area contributed by atoms with Gasteiger partial charge in [0.25, 0.3) is 0 Å². The molecule has 0 saturated heterocycles. The molecular weight excluding hydrogens is 328 g/mol. The number of ether oxygens (including phenoxy) is 1. The molecule has 0 N–H and O–H groups in total. The monoisotopic (exact) mass is 364 g/mol. The summed E-state index contributed by atoms with van der Waals surface area (Å²) in [6.07, 6.45) is 1.72. The molecule has 25 heavy (non-hydrogen) atoms. The second kappa shape index (κ2) is 8.50. The van der Waals surface area contributed by atoms with Crippen LogP contribution < -0.4 is 0 Å². The van der Waals surface area contributed by atoms with Crippen LogP contribution in [-0.2, 0) is 20.4 Å². The minimum atomic E-state index is -1.92. The summed E-state index contributed by atoms with van der Waals surface area (Å²) in [5.41, 5.74) is 0.800. The first-order valence-corrected chi connectivity index (χ1v) is 12.1. The molecule has 0 aliphatic carbocycles. The number of hydrogen-bond donors (Lipinski definition) is 0. The van der Waals surface area contributed by atoms with Crippen LogP contribution in [0.3, 0.4) is 0 Å². The number of carbonyl (C=O) groups excluding carboxylic acids is 1. The van der Waals surface area contributed by atoms with Gasteiger partial charge in [-0.15, -0.1) is 0 Å². The number of aryl methyl sites for hydroxylation is 1. The van der Waals surface area contributed by atoms with E-state index in [-0.39, 0.29) is 17.1 Å². The van der Waals surface area contributed by atoms with E-state index < -0.39 is 13.7 Å². The molecule has 0 heterocycles. The number of hydrogen-bond acceptors (Lipinski definition) is 3. The molecule has 0 unspecified atom stereocenters. The molecule has 0 aliphatic heterocycles. The first-order chi connectivity index (χ1) is 11.3. The fourth-order valence-corrected chi connectivity index (χ4v) is 3.50. The zero-order chi connectivity index (χ0) is 19.3. The predicted octanol–water partition coefficient (Wildman–Crippen LogP) is 5.60. The van der Waals surface area contributed by atoms with E-state index in [0.717, 1.165) is 12.8 Å². The fraction of sp³-hybridized carbons (Fsp3) is 0.667. The lowest BCUT2D eigenvalue weighted by atomic mass is 9.97. The Morgan fingerprint density at radius 1 is 1.04 bits per heavy atom. The highest BCUT2D eigenvalue weighted by Gasteiger charge is 2.39. The highest BCUT2D eigenvalue weighted by Crippen LogP contribution is 2.37. The largest absolute Gasteiger partial charge is 0.463 e.